The van der Waals surface area contributed by atoms with Crippen molar-refractivity contribution < 1.29 is 0 Å². The molecule has 1 aromatic rings. The van der Waals surface area contributed by atoms with Crippen LogP contribution in [0.4, 0.5) is 0 Å². The normalized spacial score (nSPS) is 11.3. The molecule has 0 aliphatic rings. The molecule has 1 rings (SSSR count). The maximum absolute atomic E-state index is 2.45. The van der Waals surface area contributed by atoms with Crippen molar-refractivity contribution in [1.82, 2.24) is 0 Å². The van der Waals surface area contributed by atoms with Crippen LogP contribution in [0.15, 0.2) is 30.3 Å². The SMILES string of the molecule is CCCCCCCC[CH2][SnH]([CH2]CCCCCCCC)[c]1ccccc1. The van der Waals surface area contributed by atoms with Crippen molar-refractivity contribution in [2.45, 2.75) is 113 Å². The molecule has 0 aliphatic carbocycles. The first kappa shape index (κ1) is 23.1. The van der Waals surface area contributed by atoms with Crippen molar-refractivity contribution in [2.24, 2.45) is 0 Å². The molecule has 0 N–H and O–H groups in total. The minimum absolute atomic E-state index is 1.37. The fourth-order valence-corrected chi connectivity index (χ4v) is 13.3. The Bertz CT molecular complexity index is 355. The Hall–Kier alpha value is 0.0187. The van der Waals surface area contributed by atoms with Crippen molar-refractivity contribution in [3.63, 3.8) is 0 Å². The summed E-state index contributed by atoms with van der Waals surface area (Å²) in [5.41, 5.74) is 0. The van der Waals surface area contributed by atoms with E-state index in [-0.39, 0.29) is 0 Å². The molecule has 144 valence electrons. The first-order valence-corrected chi connectivity index (χ1v) is 17.7. The molecule has 0 spiro atoms. The van der Waals surface area contributed by atoms with Crippen molar-refractivity contribution in [3.05, 3.63) is 30.3 Å². The van der Waals surface area contributed by atoms with Crippen molar-refractivity contribution >= 4 is 23.3 Å². The van der Waals surface area contributed by atoms with Crippen LogP contribution in [-0.4, -0.2) is 19.8 Å². The van der Waals surface area contributed by atoms with Crippen LogP contribution < -0.4 is 3.58 Å². The molecular weight excluding hydrogens is 407 g/mol. The van der Waals surface area contributed by atoms with Crippen LogP contribution in [0.3, 0.4) is 0 Å². The molecule has 0 atom stereocenters. The van der Waals surface area contributed by atoms with E-state index in [4.69, 9.17) is 0 Å². The molecule has 0 aromatic heterocycles. The molecule has 0 bridgehead atoms. The van der Waals surface area contributed by atoms with E-state index in [2.05, 4.69) is 44.2 Å². The van der Waals surface area contributed by atoms with Gasteiger partial charge in [0.05, 0.1) is 0 Å². The van der Waals surface area contributed by atoms with Gasteiger partial charge < -0.3 is 0 Å². The summed E-state index contributed by atoms with van der Waals surface area (Å²) in [5, 5.41) is 0. The Morgan fingerprint density at radius 3 is 1.36 bits per heavy atom. The molecule has 25 heavy (non-hydrogen) atoms. The molecule has 0 amide bonds. The van der Waals surface area contributed by atoms with Gasteiger partial charge in [-0.2, -0.15) is 0 Å². The molecular formula is C24H44Sn. The van der Waals surface area contributed by atoms with Crippen LogP contribution in [0.25, 0.3) is 0 Å². The van der Waals surface area contributed by atoms with E-state index >= 15 is 0 Å². The summed E-state index contributed by atoms with van der Waals surface area (Å²) in [5.74, 6) is 0. The zero-order chi connectivity index (χ0) is 18.0. The Kier molecular flexibility index (Phi) is 16.1. The second kappa shape index (κ2) is 17.4. The summed E-state index contributed by atoms with van der Waals surface area (Å²) >= 11 is -1.50. The number of unbranched alkanes of at least 4 members (excludes halogenated alkanes) is 12. The second-order valence-corrected chi connectivity index (χ2v) is 17.1. The molecule has 0 nitrogen and oxygen atoms in total. The predicted molar refractivity (Wildman–Crippen MR) is 119 cm³/mol. The van der Waals surface area contributed by atoms with E-state index < -0.39 is 19.8 Å². The number of rotatable bonds is 17. The van der Waals surface area contributed by atoms with Gasteiger partial charge in [-0.05, 0) is 0 Å². The van der Waals surface area contributed by atoms with Gasteiger partial charge in [0.2, 0.25) is 0 Å². The summed E-state index contributed by atoms with van der Waals surface area (Å²) in [4.78, 5) is 0. The first-order chi connectivity index (χ1) is 12.4. The van der Waals surface area contributed by atoms with Crippen molar-refractivity contribution in [3.8, 4) is 0 Å². The zero-order valence-corrected chi connectivity index (χ0v) is 20.6. The van der Waals surface area contributed by atoms with Crippen LogP contribution in [0.1, 0.15) is 104 Å². The van der Waals surface area contributed by atoms with E-state index in [1.807, 2.05) is 0 Å². The van der Waals surface area contributed by atoms with Gasteiger partial charge in [-0.15, -0.1) is 0 Å². The second-order valence-electron chi connectivity index (χ2n) is 7.93. The van der Waals surface area contributed by atoms with Crippen molar-refractivity contribution in [1.29, 1.82) is 0 Å². The van der Waals surface area contributed by atoms with E-state index in [9.17, 15) is 0 Å². The molecule has 0 saturated heterocycles. The molecule has 0 saturated carbocycles. The van der Waals surface area contributed by atoms with Crippen LogP contribution in [0.2, 0.25) is 8.87 Å². The predicted octanol–water partition coefficient (Wildman–Crippen LogP) is 7.62. The molecule has 0 radical (unpaired) electrons. The topological polar surface area (TPSA) is 0 Å². The van der Waals surface area contributed by atoms with Gasteiger partial charge in [-0.3, -0.25) is 0 Å². The van der Waals surface area contributed by atoms with Crippen LogP contribution in [0.5, 0.6) is 0 Å². The van der Waals surface area contributed by atoms with Gasteiger partial charge in [0.1, 0.15) is 0 Å². The van der Waals surface area contributed by atoms with Gasteiger partial charge in [0.15, 0.2) is 0 Å². The summed E-state index contributed by atoms with van der Waals surface area (Å²) < 4.78 is 5.01. The zero-order valence-electron chi connectivity index (χ0n) is 17.3. The minimum atomic E-state index is -1.50. The molecule has 0 unspecified atom stereocenters. The first-order valence-electron chi connectivity index (χ1n) is 11.4. The van der Waals surface area contributed by atoms with Gasteiger partial charge in [0.25, 0.3) is 0 Å². The Labute approximate surface area is 165 Å². The summed E-state index contributed by atoms with van der Waals surface area (Å²) in [6, 6.07) is 11.6. The fourth-order valence-electron chi connectivity index (χ4n) is 3.90. The molecule has 1 aromatic carbocycles. The third-order valence-electron chi connectivity index (χ3n) is 5.58. The van der Waals surface area contributed by atoms with Gasteiger partial charge in [-0.1, -0.05) is 0 Å². The third kappa shape index (κ3) is 12.9. The van der Waals surface area contributed by atoms with Crippen molar-refractivity contribution in [2.75, 3.05) is 0 Å². The van der Waals surface area contributed by atoms with Gasteiger partial charge >= 0.3 is 166 Å². The molecule has 0 heterocycles. The Balaban J connectivity index is 2.21. The molecule has 0 fully saturated rings. The Morgan fingerprint density at radius 1 is 0.520 bits per heavy atom. The number of hydrogen-bond acceptors (Lipinski definition) is 0. The quantitative estimate of drug-likeness (QED) is 0.169. The van der Waals surface area contributed by atoms with E-state index in [1.54, 1.807) is 12.5 Å². The summed E-state index contributed by atoms with van der Waals surface area (Å²) in [7, 11) is 0. The monoisotopic (exact) mass is 452 g/mol. The fraction of sp³-hybridized carbons (Fsp3) is 0.750. The third-order valence-corrected chi connectivity index (χ3v) is 15.7. The van der Waals surface area contributed by atoms with Crippen LogP contribution in [-0.2, 0) is 0 Å². The molecule has 1 heteroatoms. The van der Waals surface area contributed by atoms with Gasteiger partial charge in [-0.25, -0.2) is 0 Å². The summed E-state index contributed by atoms with van der Waals surface area (Å²) in [6.07, 6.45) is 20.4. The average Bonchev–Trinajstić information content (AvgIpc) is 2.65. The van der Waals surface area contributed by atoms with Crippen LogP contribution >= 0.6 is 0 Å². The Morgan fingerprint density at radius 2 is 0.920 bits per heavy atom. The van der Waals surface area contributed by atoms with Crippen LogP contribution in [0, 0.1) is 0 Å². The number of benzene rings is 1. The van der Waals surface area contributed by atoms with E-state index in [0.717, 1.165) is 0 Å². The van der Waals surface area contributed by atoms with E-state index in [1.165, 1.54) is 89.9 Å². The summed E-state index contributed by atoms with van der Waals surface area (Å²) in [6.45, 7) is 4.62. The maximum atomic E-state index is 2.45. The van der Waals surface area contributed by atoms with E-state index in [0.29, 0.717) is 0 Å². The average molecular weight is 451 g/mol. The standard InChI is InChI=1S/2C9H19.C6H5.Sn.H/c2*1-3-5-7-9-8-6-4-2;1-2-4-6-5-3-1;;/h2*1,3-9H2,2H3;1-5H;;. The molecule has 0 aliphatic heterocycles. The van der Waals surface area contributed by atoms with Gasteiger partial charge in [0, 0.05) is 0 Å². The number of hydrogen-bond donors (Lipinski definition) is 0.